The molecule has 0 aromatic carbocycles. The number of nitrogens with one attached hydrogen (secondary N) is 2. The third-order valence-corrected chi connectivity index (χ3v) is 4.25. The van der Waals surface area contributed by atoms with Crippen molar-refractivity contribution in [2.75, 3.05) is 13.1 Å². The molecule has 6 nitrogen and oxygen atoms in total. The highest BCUT2D eigenvalue weighted by Crippen LogP contribution is 2.35. The lowest BCUT2D eigenvalue weighted by Crippen LogP contribution is -2.51. The molecule has 6 heteroatoms. The van der Waals surface area contributed by atoms with E-state index >= 15 is 0 Å². The number of piperidine rings is 1. The minimum Gasteiger partial charge on any atom is -0.393 e. The topological polar surface area (TPSA) is 81.7 Å². The molecule has 0 saturated carbocycles. The fourth-order valence-corrected chi connectivity index (χ4v) is 3.26. The Labute approximate surface area is 119 Å². The minimum atomic E-state index is -0.409. The van der Waals surface area contributed by atoms with Gasteiger partial charge >= 0.3 is 6.03 Å². The lowest BCUT2D eigenvalue weighted by molar-refractivity contribution is -0.122. The zero-order chi connectivity index (χ0) is 14.5. The van der Waals surface area contributed by atoms with Crippen LogP contribution in [-0.2, 0) is 4.79 Å². The molecular formula is C14H25N3O3. The lowest BCUT2D eigenvalue weighted by atomic mass is 10.00. The Hall–Kier alpha value is -1.14. The van der Waals surface area contributed by atoms with E-state index in [2.05, 4.69) is 15.5 Å². The number of unbranched alkanes of at least 4 members (excludes halogenated alkanes) is 1. The number of aliphatic hydroxyl groups is 1. The Morgan fingerprint density at radius 3 is 2.50 bits per heavy atom. The number of rotatable bonds is 5. The van der Waals surface area contributed by atoms with E-state index in [1.807, 2.05) is 6.92 Å². The molecule has 0 aliphatic carbocycles. The third-order valence-electron chi connectivity index (χ3n) is 4.25. The zero-order valence-corrected chi connectivity index (χ0v) is 12.1. The Morgan fingerprint density at radius 2 is 1.90 bits per heavy atom. The SMILES string of the molecule is CCCCNC(=O)NC(=O)CN1C2CCC1CC(O)C2. The molecule has 0 radical (unpaired) electrons. The van der Waals surface area contributed by atoms with Gasteiger partial charge in [0.15, 0.2) is 0 Å². The Balaban J connectivity index is 1.73. The molecule has 2 rings (SSSR count). The van der Waals surface area contributed by atoms with Gasteiger partial charge in [-0.05, 0) is 32.1 Å². The van der Waals surface area contributed by atoms with Crippen LogP contribution in [0.15, 0.2) is 0 Å². The third kappa shape index (κ3) is 3.93. The Bertz CT molecular complexity index is 348. The van der Waals surface area contributed by atoms with E-state index in [4.69, 9.17) is 0 Å². The van der Waals surface area contributed by atoms with E-state index in [0.29, 0.717) is 6.54 Å². The molecule has 2 aliphatic rings. The largest absolute Gasteiger partial charge is 0.393 e. The predicted octanol–water partition coefficient (Wildman–Crippen LogP) is 0.600. The number of urea groups is 1. The molecule has 0 spiro atoms. The first-order valence-corrected chi connectivity index (χ1v) is 7.61. The summed E-state index contributed by atoms with van der Waals surface area (Å²) >= 11 is 0. The number of amides is 3. The van der Waals surface area contributed by atoms with E-state index in [1.54, 1.807) is 0 Å². The Kier molecular flexibility index (Phi) is 5.37. The maximum atomic E-state index is 11.9. The highest BCUT2D eigenvalue weighted by atomic mass is 16.3. The van der Waals surface area contributed by atoms with Crippen LogP contribution in [0.25, 0.3) is 0 Å². The number of hydrogen-bond acceptors (Lipinski definition) is 4. The van der Waals surface area contributed by atoms with Gasteiger partial charge < -0.3 is 10.4 Å². The maximum Gasteiger partial charge on any atom is 0.321 e. The summed E-state index contributed by atoms with van der Waals surface area (Å²) in [5, 5.41) is 14.8. The normalized spacial score (nSPS) is 29.2. The molecular weight excluding hydrogens is 258 g/mol. The first-order valence-electron chi connectivity index (χ1n) is 7.61. The van der Waals surface area contributed by atoms with Gasteiger partial charge in [-0.1, -0.05) is 13.3 Å². The smallest absolute Gasteiger partial charge is 0.321 e. The Morgan fingerprint density at radius 1 is 1.25 bits per heavy atom. The van der Waals surface area contributed by atoms with E-state index in [9.17, 15) is 14.7 Å². The first kappa shape index (κ1) is 15.3. The van der Waals surface area contributed by atoms with Crippen LogP contribution in [0.3, 0.4) is 0 Å². The molecule has 0 aromatic rings. The fraction of sp³-hybridized carbons (Fsp3) is 0.857. The summed E-state index contributed by atoms with van der Waals surface area (Å²) in [7, 11) is 0. The van der Waals surface area contributed by atoms with Gasteiger partial charge in [0.05, 0.1) is 12.6 Å². The minimum absolute atomic E-state index is 0.232. The molecule has 2 atom stereocenters. The van der Waals surface area contributed by atoms with Crippen LogP contribution in [0.2, 0.25) is 0 Å². The predicted molar refractivity (Wildman–Crippen MR) is 75.2 cm³/mol. The van der Waals surface area contributed by atoms with Crippen LogP contribution in [0.1, 0.15) is 45.4 Å². The average Bonchev–Trinajstić information content (AvgIpc) is 2.62. The van der Waals surface area contributed by atoms with Gasteiger partial charge in [-0.15, -0.1) is 0 Å². The van der Waals surface area contributed by atoms with Crippen LogP contribution >= 0.6 is 0 Å². The monoisotopic (exact) mass is 283 g/mol. The molecule has 2 aliphatic heterocycles. The zero-order valence-electron chi connectivity index (χ0n) is 12.1. The number of carbonyl (C=O) groups excluding carboxylic acids is 2. The molecule has 3 N–H and O–H groups in total. The van der Waals surface area contributed by atoms with Crippen LogP contribution in [0.5, 0.6) is 0 Å². The van der Waals surface area contributed by atoms with E-state index in [-0.39, 0.29) is 30.6 Å². The fourth-order valence-electron chi connectivity index (χ4n) is 3.26. The van der Waals surface area contributed by atoms with Gasteiger partial charge in [0, 0.05) is 18.6 Å². The van der Waals surface area contributed by atoms with E-state index < -0.39 is 6.03 Å². The van der Waals surface area contributed by atoms with Gasteiger partial charge in [0.1, 0.15) is 0 Å². The van der Waals surface area contributed by atoms with Crippen molar-refractivity contribution >= 4 is 11.9 Å². The van der Waals surface area contributed by atoms with Crippen molar-refractivity contribution in [1.29, 1.82) is 0 Å². The second-order valence-electron chi connectivity index (χ2n) is 5.84. The van der Waals surface area contributed by atoms with Gasteiger partial charge in [0.25, 0.3) is 0 Å². The second-order valence-corrected chi connectivity index (χ2v) is 5.84. The number of nitrogens with zero attached hydrogens (tertiary/aromatic N) is 1. The average molecular weight is 283 g/mol. The molecule has 2 fully saturated rings. The number of fused-ring (bicyclic) bond motifs is 2. The van der Waals surface area contributed by atoms with Gasteiger partial charge in [0.2, 0.25) is 5.91 Å². The summed E-state index contributed by atoms with van der Waals surface area (Å²) < 4.78 is 0. The first-order chi connectivity index (χ1) is 9.60. The highest BCUT2D eigenvalue weighted by Gasteiger charge is 2.40. The number of carbonyl (C=O) groups is 2. The van der Waals surface area contributed by atoms with Crippen molar-refractivity contribution in [3.05, 3.63) is 0 Å². The summed E-state index contributed by atoms with van der Waals surface area (Å²) in [4.78, 5) is 25.5. The van der Waals surface area contributed by atoms with Crippen LogP contribution in [0, 0.1) is 0 Å². The lowest BCUT2D eigenvalue weighted by Gasteiger charge is -2.36. The van der Waals surface area contributed by atoms with Gasteiger partial charge in [-0.25, -0.2) is 4.79 Å². The van der Waals surface area contributed by atoms with Gasteiger partial charge in [-0.2, -0.15) is 0 Å². The molecule has 2 saturated heterocycles. The number of hydrogen-bond donors (Lipinski definition) is 3. The quantitative estimate of drug-likeness (QED) is 0.645. The van der Waals surface area contributed by atoms with E-state index in [0.717, 1.165) is 38.5 Å². The number of imide groups is 1. The van der Waals surface area contributed by atoms with Crippen LogP contribution < -0.4 is 10.6 Å². The number of aliphatic hydroxyl groups excluding tert-OH is 1. The van der Waals surface area contributed by atoms with Crippen molar-refractivity contribution in [2.24, 2.45) is 0 Å². The molecule has 20 heavy (non-hydrogen) atoms. The maximum absolute atomic E-state index is 11.9. The van der Waals surface area contributed by atoms with Crippen LogP contribution in [-0.4, -0.2) is 53.2 Å². The van der Waals surface area contributed by atoms with E-state index in [1.165, 1.54) is 0 Å². The highest BCUT2D eigenvalue weighted by molar-refractivity contribution is 5.95. The van der Waals surface area contributed by atoms with Crippen molar-refractivity contribution in [3.63, 3.8) is 0 Å². The summed E-state index contributed by atoms with van der Waals surface area (Å²) in [5.41, 5.74) is 0. The summed E-state index contributed by atoms with van der Waals surface area (Å²) in [6.45, 7) is 2.89. The molecule has 2 unspecified atom stereocenters. The van der Waals surface area contributed by atoms with Crippen LogP contribution in [0.4, 0.5) is 4.79 Å². The standard InChI is InChI=1S/C14H25N3O3/c1-2-3-6-15-14(20)16-13(19)9-17-10-4-5-11(17)8-12(18)7-10/h10-12,18H,2-9H2,1H3,(H2,15,16,19,20). The molecule has 3 amide bonds. The van der Waals surface area contributed by atoms with Gasteiger partial charge in [-0.3, -0.25) is 15.0 Å². The van der Waals surface area contributed by atoms with Crippen molar-refractivity contribution < 1.29 is 14.7 Å². The molecule has 114 valence electrons. The van der Waals surface area contributed by atoms with Crippen molar-refractivity contribution in [2.45, 2.75) is 63.6 Å². The van der Waals surface area contributed by atoms with Crippen molar-refractivity contribution in [3.8, 4) is 0 Å². The molecule has 0 aromatic heterocycles. The summed E-state index contributed by atoms with van der Waals surface area (Å²) in [5.74, 6) is -0.257. The van der Waals surface area contributed by atoms with Crippen molar-refractivity contribution in [1.82, 2.24) is 15.5 Å². The molecule has 2 heterocycles. The second kappa shape index (κ2) is 7.04. The summed E-state index contributed by atoms with van der Waals surface area (Å²) in [6.07, 6.45) is 5.25. The molecule has 2 bridgehead atoms. The summed E-state index contributed by atoms with van der Waals surface area (Å²) in [6, 6.07) is 0.170.